The second-order valence-electron chi connectivity index (χ2n) is 9.65. The van der Waals surface area contributed by atoms with Crippen LogP contribution < -0.4 is 21.1 Å². The summed E-state index contributed by atoms with van der Waals surface area (Å²) in [6, 6.07) is 20.8. The van der Waals surface area contributed by atoms with Gasteiger partial charge in [-0.2, -0.15) is 23.4 Å². The third-order valence-corrected chi connectivity index (χ3v) is 7.89. The molecule has 0 saturated carbocycles. The van der Waals surface area contributed by atoms with Gasteiger partial charge in [0.1, 0.15) is 10.6 Å². The summed E-state index contributed by atoms with van der Waals surface area (Å²) in [6.07, 6.45) is 1.63. The van der Waals surface area contributed by atoms with Gasteiger partial charge in [0.05, 0.1) is 22.5 Å². The normalized spacial score (nSPS) is 12.2. The molecule has 0 aliphatic heterocycles. The Morgan fingerprint density at radius 3 is 2.09 bits per heavy atom. The maximum absolute atomic E-state index is 13.5. The number of nitrogen functional groups attached to an aromatic ring is 1. The standard InChI is InChI=1S/C31H21ClN6O6S/c1-2-16-7-3-6-10-22(16)44-31-37-29(32)36-30(38-31)35-18-13-11-17(12-14-18)34-21-15-23(45(41,42)43)26(33)25-24(21)27(39)19-8-4-5-9-20(19)28(25)40/h2-15,34H,1,33H2,(H,41,42,43)(H,35,36,37,38). The van der Waals surface area contributed by atoms with Crippen LogP contribution in [0.4, 0.5) is 28.7 Å². The van der Waals surface area contributed by atoms with Gasteiger partial charge < -0.3 is 21.1 Å². The van der Waals surface area contributed by atoms with Crippen LogP contribution in [-0.2, 0) is 10.1 Å². The smallest absolute Gasteiger partial charge is 0.328 e. The number of carbonyl (C=O) groups excluding carboxylic acids is 2. The lowest BCUT2D eigenvalue weighted by Gasteiger charge is -2.23. The zero-order valence-electron chi connectivity index (χ0n) is 23.0. The van der Waals surface area contributed by atoms with Crippen molar-refractivity contribution >= 4 is 68.1 Å². The fraction of sp³-hybridized carbons (Fsp3) is 0. The van der Waals surface area contributed by atoms with Crippen molar-refractivity contribution in [2.45, 2.75) is 4.90 Å². The second-order valence-corrected chi connectivity index (χ2v) is 11.4. The third-order valence-electron chi connectivity index (χ3n) is 6.83. The van der Waals surface area contributed by atoms with Crippen molar-refractivity contribution in [1.82, 2.24) is 15.0 Å². The number of fused-ring (bicyclic) bond motifs is 2. The Kier molecular flexibility index (Phi) is 7.50. The van der Waals surface area contributed by atoms with Gasteiger partial charge in [0.2, 0.25) is 11.2 Å². The molecule has 14 heteroatoms. The van der Waals surface area contributed by atoms with E-state index in [1.54, 1.807) is 54.6 Å². The average Bonchev–Trinajstić information content (AvgIpc) is 3.01. The number of aromatic nitrogens is 3. The van der Waals surface area contributed by atoms with Crippen molar-refractivity contribution in [2.24, 2.45) is 0 Å². The molecular weight excluding hydrogens is 620 g/mol. The number of para-hydroxylation sites is 1. The van der Waals surface area contributed by atoms with Crippen LogP contribution in [0.1, 0.15) is 37.4 Å². The van der Waals surface area contributed by atoms with Crippen LogP contribution in [0, 0.1) is 0 Å². The van der Waals surface area contributed by atoms with Crippen molar-refractivity contribution in [3.05, 3.63) is 119 Å². The number of ether oxygens (including phenoxy) is 1. The van der Waals surface area contributed by atoms with Crippen LogP contribution in [-0.4, -0.2) is 39.5 Å². The highest BCUT2D eigenvalue weighted by Crippen LogP contribution is 2.40. The van der Waals surface area contributed by atoms with Crippen molar-refractivity contribution < 1.29 is 27.3 Å². The first-order valence-corrected chi connectivity index (χ1v) is 14.9. The molecule has 12 nitrogen and oxygen atoms in total. The van der Waals surface area contributed by atoms with Crippen LogP contribution in [0.15, 0.2) is 90.3 Å². The van der Waals surface area contributed by atoms with Crippen LogP contribution in [0.5, 0.6) is 11.8 Å². The molecule has 0 bridgehead atoms. The minimum atomic E-state index is -4.86. The minimum absolute atomic E-state index is 0.0359. The molecule has 0 spiro atoms. The van der Waals surface area contributed by atoms with Crippen molar-refractivity contribution in [1.29, 1.82) is 0 Å². The van der Waals surface area contributed by atoms with Gasteiger partial charge in [0, 0.05) is 28.1 Å². The highest BCUT2D eigenvalue weighted by molar-refractivity contribution is 7.86. The molecule has 0 amide bonds. The maximum atomic E-state index is 13.5. The Bertz CT molecular complexity index is 2160. The van der Waals surface area contributed by atoms with E-state index in [0.717, 1.165) is 11.6 Å². The summed E-state index contributed by atoms with van der Waals surface area (Å²) in [4.78, 5) is 38.6. The molecule has 0 atom stereocenters. The van der Waals surface area contributed by atoms with Gasteiger partial charge in [-0.15, -0.1) is 0 Å². The molecule has 5 aromatic rings. The van der Waals surface area contributed by atoms with Crippen LogP contribution >= 0.6 is 11.6 Å². The van der Waals surface area contributed by atoms with Gasteiger partial charge in [-0.05, 0) is 48.0 Å². The molecule has 0 fully saturated rings. The number of rotatable bonds is 8. The van der Waals surface area contributed by atoms with E-state index < -0.39 is 32.3 Å². The number of hydrogen-bond donors (Lipinski definition) is 4. The number of anilines is 5. The van der Waals surface area contributed by atoms with Gasteiger partial charge >= 0.3 is 6.01 Å². The molecule has 1 heterocycles. The number of benzene rings is 4. The van der Waals surface area contributed by atoms with Gasteiger partial charge in [0.25, 0.3) is 10.1 Å². The summed E-state index contributed by atoms with van der Waals surface area (Å²) in [5, 5.41) is 5.87. The van der Waals surface area contributed by atoms with E-state index in [9.17, 15) is 22.6 Å². The first-order chi connectivity index (χ1) is 21.5. The Morgan fingerprint density at radius 1 is 0.844 bits per heavy atom. The van der Waals surface area contributed by atoms with E-state index in [-0.39, 0.29) is 45.2 Å². The fourth-order valence-corrected chi connectivity index (χ4v) is 5.60. The largest absolute Gasteiger partial charge is 0.424 e. The zero-order valence-corrected chi connectivity index (χ0v) is 24.6. The number of nitrogens with one attached hydrogen (secondary N) is 2. The molecule has 0 radical (unpaired) electrons. The molecule has 6 rings (SSSR count). The molecule has 4 aromatic carbocycles. The SMILES string of the molecule is C=Cc1ccccc1Oc1nc(Cl)nc(Nc2ccc(Nc3cc(S(=O)(=O)O)c(N)c4c3C(=O)c3ccccc3C4=O)cc2)n1. The Hall–Kier alpha value is -5.63. The van der Waals surface area contributed by atoms with E-state index in [4.69, 9.17) is 22.1 Å². The topological polar surface area (TPSA) is 186 Å². The number of nitrogens with zero attached hydrogens (tertiary/aromatic N) is 3. The Labute approximate surface area is 261 Å². The lowest BCUT2D eigenvalue weighted by molar-refractivity contribution is 0.0980. The Morgan fingerprint density at radius 2 is 1.44 bits per heavy atom. The van der Waals surface area contributed by atoms with Gasteiger partial charge in [-0.1, -0.05) is 55.1 Å². The molecular formula is C31H21ClN6O6S. The van der Waals surface area contributed by atoms with Crippen LogP contribution in [0.25, 0.3) is 6.08 Å². The molecule has 1 aliphatic rings. The quantitative estimate of drug-likeness (QED) is 0.112. The molecule has 45 heavy (non-hydrogen) atoms. The molecule has 0 unspecified atom stereocenters. The summed E-state index contributed by atoms with van der Waals surface area (Å²) in [5.74, 6) is -0.607. The zero-order chi connectivity index (χ0) is 31.9. The summed E-state index contributed by atoms with van der Waals surface area (Å²) in [7, 11) is -4.86. The van der Waals surface area contributed by atoms with Crippen LogP contribution in [0.2, 0.25) is 5.28 Å². The number of hydrogen-bond acceptors (Lipinski definition) is 11. The first kappa shape index (κ1) is 29.4. The van der Waals surface area contributed by atoms with Gasteiger partial charge in [-0.25, -0.2) is 0 Å². The highest BCUT2D eigenvalue weighted by Gasteiger charge is 2.36. The van der Waals surface area contributed by atoms with Crippen LogP contribution in [0.3, 0.4) is 0 Å². The van der Waals surface area contributed by atoms with E-state index in [1.807, 2.05) is 12.1 Å². The van der Waals surface area contributed by atoms with E-state index in [2.05, 4.69) is 32.2 Å². The second kappa shape index (κ2) is 11.5. The van der Waals surface area contributed by atoms with E-state index in [1.165, 1.54) is 12.1 Å². The number of halogens is 1. The number of nitrogens with two attached hydrogens (primary N) is 1. The van der Waals surface area contributed by atoms with Gasteiger partial charge in [-0.3, -0.25) is 14.1 Å². The third kappa shape index (κ3) is 5.70. The summed E-state index contributed by atoms with van der Waals surface area (Å²) < 4.78 is 40.0. The van der Waals surface area contributed by atoms with E-state index in [0.29, 0.717) is 17.1 Å². The Balaban J connectivity index is 1.30. The molecule has 1 aromatic heterocycles. The first-order valence-electron chi connectivity index (χ1n) is 13.1. The van der Waals surface area contributed by atoms with Crippen molar-refractivity contribution in [3.63, 3.8) is 0 Å². The molecule has 5 N–H and O–H groups in total. The summed E-state index contributed by atoms with van der Waals surface area (Å²) in [6.45, 7) is 3.76. The minimum Gasteiger partial charge on any atom is -0.424 e. The predicted octanol–water partition coefficient (Wildman–Crippen LogP) is 6.05. The van der Waals surface area contributed by atoms with Crippen molar-refractivity contribution in [3.8, 4) is 11.8 Å². The monoisotopic (exact) mass is 640 g/mol. The molecule has 224 valence electrons. The van der Waals surface area contributed by atoms with E-state index >= 15 is 0 Å². The molecule has 1 aliphatic carbocycles. The molecule has 0 saturated heterocycles. The fourth-order valence-electron chi connectivity index (χ4n) is 4.80. The number of carbonyl (C=O) groups is 2. The lowest BCUT2D eigenvalue weighted by Crippen LogP contribution is -2.25. The van der Waals surface area contributed by atoms with Gasteiger partial charge in [0.15, 0.2) is 11.6 Å². The van der Waals surface area contributed by atoms with Crippen molar-refractivity contribution in [2.75, 3.05) is 16.4 Å². The average molecular weight is 641 g/mol. The maximum Gasteiger partial charge on any atom is 0.328 e. The lowest BCUT2D eigenvalue weighted by atomic mass is 9.82. The highest BCUT2D eigenvalue weighted by atomic mass is 35.5. The predicted molar refractivity (Wildman–Crippen MR) is 168 cm³/mol. The number of ketones is 2. The summed E-state index contributed by atoms with van der Waals surface area (Å²) >= 11 is 6.11. The summed E-state index contributed by atoms with van der Waals surface area (Å²) in [5.41, 5.74) is 6.95.